The second kappa shape index (κ2) is 12.4. The molecule has 0 bridgehead atoms. The molecule has 0 spiro atoms. The first kappa shape index (κ1) is 25.7. The van der Waals surface area contributed by atoms with Crippen molar-refractivity contribution in [2.75, 3.05) is 40.3 Å². The summed E-state index contributed by atoms with van der Waals surface area (Å²) in [5.74, 6) is 1.96. The highest BCUT2D eigenvalue weighted by Gasteiger charge is 2.35. The summed E-state index contributed by atoms with van der Waals surface area (Å²) < 4.78 is 11.4. The third-order valence-electron chi connectivity index (χ3n) is 4.95. The number of guanidine groups is 1. The van der Waals surface area contributed by atoms with E-state index in [1.54, 1.807) is 25.3 Å². The molecule has 7 nitrogen and oxygen atoms in total. The Morgan fingerprint density at radius 1 is 1.31 bits per heavy atom. The summed E-state index contributed by atoms with van der Waals surface area (Å²) in [5.41, 5.74) is 0.0949. The molecule has 0 saturated carbocycles. The van der Waals surface area contributed by atoms with Crippen LogP contribution in [0.5, 0.6) is 0 Å². The zero-order valence-corrected chi connectivity index (χ0v) is 20.7. The number of likely N-dealkylation sites (N-methyl/N-ethyl adjacent to an activating group) is 1. The average molecular weight is 520 g/mol. The maximum absolute atomic E-state index is 11.9. The zero-order valence-electron chi connectivity index (χ0n) is 18.4. The molecule has 2 heterocycles. The Morgan fingerprint density at radius 2 is 2.07 bits per heavy atom. The van der Waals surface area contributed by atoms with E-state index in [1.807, 2.05) is 12.1 Å². The fourth-order valence-corrected chi connectivity index (χ4v) is 3.46. The van der Waals surface area contributed by atoms with Crippen LogP contribution in [0.4, 0.5) is 0 Å². The van der Waals surface area contributed by atoms with Gasteiger partial charge >= 0.3 is 0 Å². The lowest BCUT2D eigenvalue weighted by atomic mass is 9.78. The molecule has 29 heavy (non-hydrogen) atoms. The lowest BCUT2D eigenvalue weighted by molar-refractivity contribution is -0.127. The van der Waals surface area contributed by atoms with Gasteiger partial charge in [0, 0.05) is 46.1 Å². The van der Waals surface area contributed by atoms with Gasteiger partial charge in [0.15, 0.2) is 5.96 Å². The van der Waals surface area contributed by atoms with Gasteiger partial charge in [-0.05, 0) is 30.4 Å². The average Bonchev–Trinajstić information content (AvgIpc) is 3.16. The zero-order chi connectivity index (χ0) is 20.6. The number of rotatable bonds is 7. The Morgan fingerprint density at radius 3 is 2.69 bits per heavy atom. The molecular formula is C21H37IN4O3. The molecule has 2 N–H and O–H groups in total. The number of hydrogen-bond acceptors (Lipinski definition) is 4. The van der Waals surface area contributed by atoms with Crippen LogP contribution in [-0.2, 0) is 16.0 Å². The van der Waals surface area contributed by atoms with Crippen LogP contribution in [0.15, 0.2) is 27.8 Å². The predicted molar refractivity (Wildman–Crippen MR) is 127 cm³/mol. The number of halogens is 1. The van der Waals surface area contributed by atoms with E-state index in [0.29, 0.717) is 18.4 Å². The summed E-state index contributed by atoms with van der Waals surface area (Å²) in [6, 6.07) is 3.84. The predicted octanol–water partition coefficient (Wildman–Crippen LogP) is 2.90. The van der Waals surface area contributed by atoms with Gasteiger partial charge in [-0.15, -0.1) is 24.0 Å². The van der Waals surface area contributed by atoms with Gasteiger partial charge in [0.05, 0.1) is 12.4 Å². The van der Waals surface area contributed by atoms with Crippen molar-refractivity contribution in [2.45, 2.75) is 46.1 Å². The van der Waals surface area contributed by atoms with Crippen molar-refractivity contribution in [1.82, 2.24) is 15.5 Å². The molecule has 1 aliphatic rings. The molecule has 1 aromatic rings. The topological polar surface area (TPSA) is 79.1 Å². The monoisotopic (exact) mass is 520 g/mol. The smallest absolute Gasteiger partial charge is 0.243 e. The van der Waals surface area contributed by atoms with Crippen molar-refractivity contribution in [3.05, 3.63) is 24.2 Å². The first-order valence-electron chi connectivity index (χ1n) is 10.1. The second-order valence-electron chi connectivity index (χ2n) is 8.65. The van der Waals surface area contributed by atoms with E-state index in [-0.39, 0.29) is 47.9 Å². The molecule has 2 rings (SSSR count). The van der Waals surface area contributed by atoms with Gasteiger partial charge < -0.3 is 24.7 Å². The largest absolute Gasteiger partial charge is 0.469 e. The summed E-state index contributed by atoms with van der Waals surface area (Å²) >= 11 is 0. The molecule has 1 aromatic heterocycles. The van der Waals surface area contributed by atoms with Crippen molar-refractivity contribution in [2.24, 2.45) is 16.3 Å². The standard InChI is InChI=1S/C21H36N4O3.HI/c1-21(2,3)19-16(8-6-13-28-19)14-23-20(24-15-18(26)25(4)5)22-11-10-17-9-7-12-27-17;/h7,9,12,16,19H,6,8,10-11,13-15H2,1-5H3,(H2,22,23,24);1H. The molecular weight excluding hydrogens is 483 g/mol. The van der Waals surface area contributed by atoms with E-state index in [1.165, 1.54) is 0 Å². The highest BCUT2D eigenvalue weighted by atomic mass is 127. The molecule has 166 valence electrons. The highest BCUT2D eigenvalue weighted by Crippen LogP contribution is 2.33. The molecule has 1 aliphatic heterocycles. The van der Waals surface area contributed by atoms with Crippen molar-refractivity contribution in [3.63, 3.8) is 0 Å². The molecule has 1 amide bonds. The Kier molecular flexibility index (Phi) is 11.0. The van der Waals surface area contributed by atoms with Gasteiger partial charge in [-0.25, -0.2) is 4.99 Å². The van der Waals surface area contributed by atoms with Crippen LogP contribution in [0.3, 0.4) is 0 Å². The number of carbonyl (C=O) groups is 1. The minimum Gasteiger partial charge on any atom is -0.469 e. The van der Waals surface area contributed by atoms with Crippen LogP contribution in [0, 0.1) is 11.3 Å². The van der Waals surface area contributed by atoms with Crippen LogP contribution in [0.25, 0.3) is 0 Å². The summed E-state index contributed by atoms with van der Waals surface area (Å²) in [4.78, 5) is 17.9. The fraction of sp³-hybridized carbons (Fsp3) is 0.714. The number of carbonyl (C=O) groups excluding carboxylic acids is 1. The number of furan rings is 1. The Bertz CT molecular complexity index is 626. The lowest BCUT2D eigenvalue weighted by Gasteiger charge is -2.40. The third-order valence-corrected chi connectivity index (χ3v) is 4.95. The maximum Gasteiger partial charge on any atom is 0.243 e. The minimum atomic E-state index is -0.0271. The molecule has 1 saturated heterocycles. The van der Waals surface area contributed by atoms with E-state index in [0.717, 1.165) is 38.2 Å². The quantitative estimate of drug-likeness (QED) is 0.329. The third kappa shape index (κ3) is 8.94. The van der Waals surface area contributed by atoms with Crippen molar-refractivity contribution < 1.29 is 13.9 Å². The number of amides is 1. The van der Waals surface area contributed by atoms with Crippen LogP contribution in [0.1, 0.15) is 39.4 Å². The van der Waals surface area contributed by atoms with Crippen molar-refractivity contribution >= 4 is 35.8 Å². The van der Waals surface area contributed by atoms with E-state index >= 15 is 0 Å². The summed E-state index contributed by atoms with van der Waals surface area (Å²) in [5, 5.41) is 6.74. The minimum absolute atomic E-state index is 0. The van der Waals surface area contributed by atoms with Crippen LogP contribution >= 0.6 is 24.0 Å². The molecule has 2 atom stereocenters. The number of aliphatic imine (C=N–C) groups is 1. The number of hydrogen-bond donors (Lipinski definition) is 2. The van der Waals surface area contributed by atoms with Gasteiger partial charge in [0.1, 0.15) is 12.3 Å². The van der Waals surface area contributed by atoms with E-state index in [2.05, 4.69) is 36.4 Å². The fourth-order valence-electron chi connectivity index (χ4n) is 3.46. The van der Waals surface area contributed by atoms with Gasteiger partial charge in [0.2, 0.25) is 5.91 Å². The van der Waals surface area contributed by atoms with Crippen LogP contribution in [0.2, 0.25) is 0 Å². The summed E-state index contributed by atoms with van der Waals surface area (Å²) in [6.07, 6.45) is 4.85. The summed E-state index contributed by atoms with van der Waals surface area (Å²) in [7, 11) is 3.48. The van der Waals surface area contributed by atoms with Crippen LogP contribution in [-0.4, -0.2) is 63.2 Å². The molecule has 0 aliphatic carbocycles. The molecule has 2 unspecified atom stereocenters. The number of nitrogens with zero attached hydrogens (tertiary/aromatic N) is 2. The number of ether oxygens (including phenoxy) is 1. The Balaban J connectivity index is 0.00000420. The second-order valence-corrected chi connectivity index (χ2v) is 8.65. The SMILES string of the molecule is CN(C)C(=O)CN=C(NCCc1ccco1)NCC1CCCOC1C(C)(C)C.I. The molecule has 8 heteroatoms. The maximum atomic E-state index is 11.9. The normalized spacial score (nSPS) is 20.0. The first-order chi connectivity index (χ1) is 13.3. The highest BCUT2D eigenvalue weighted by molar-refractivity contribution is 14.0. The first-order valence-corrected chi connectivity index (χ1v) is 10.1. The summed E-state index contributed by atoms with van der Waals surface area (Å²) in [6.45, 7) is 9.07. The van der Waals surface area contributed by atoms with Gasteiger partial charge in [-0.3, -0.25) is 4.79 Å². The van der Waals surface area contributed by atoms with E-state index in [4.69, 9.17) is 9.15 Å². The number of nitrogens with one attached hydrogen (secondary N) is 2. The van der Waals surface area contributed by atoms with Gasteiger partial charge in [-0.1, -0.05) is 20.8 Å². The lowest BCUT2D eigenvalue weighted by Crippen LogP contribution is -2.48. The van der Waals surface area contributed by atoms with Crippen LogP contribution < -0.4 is 10.6 Å². The molecule has 0 aromatic carbocycles. The van der Waals surface area contributed by atoms with E-state index < -0.39 is 0 Å². The van der Waals surface area contributed by atoms with Crippen molar-refractivity contribution in [1.29, 1.82) is 0 Å². The Labute approximate surface area is 192 Å². The Hall–Kier alpha value is -1.29. The molecule has 0 radical (unpaired) electrons. The van der Waals surface area contributed by atoms with E-state index in [9.17, 15) is 4.79 Å². The van der Waals surface area contributed by atoms with Gasteiger partial charge in [0.25, 0.3) is 0 Å². The van der Waals surface area contributed by atoms with Crippen molar-refractivity contribution in [3.8, 4) is 0 Å². The van der Waals surface area contributed by atoms with Gasteiger partial charge in [-0.2, -0.15) is 0 Å². The molecule has 1 fully saturated rings.